The molecule has 2 atom stereocenters. The zero-order chi connectivity index (χ0) is 14.3. The van der Waals surface area contributed by atoms with Gasteiger partial charge in [0.05, 0.1) is 13.0 Å². The third-order valence-electron chi connectivity index (χ3n) is 2.34. The number of carbonyl (C=O) groups is 2. The van der Waals surface area contributed by atoms with Crippen molar-refractivity contribution in [1.29, 1.82) is 0 Å². The number of aliphatic carboxylic acids is 1. The second kappa shape index (κ2) is 9.31. The zero-order valence-corrected chi connectivity index (χ0v) is 12.7. The Morgan fingerprint density at radius 3 is 2.26 bits per heavy atom. The SMILES string of the molecule is CC(C)CC(NC(=O)CN)P(=O)(O)CCC(=O)O.Cl. The first-order valence-electron chi connectivity index (χ1n) is 5.71. The maximum absolute atomic E-state index is 12.0. The Hall–Kier alpha value is -0.620. The maximum atomic E-state index is 12.0. The van der Waals surface area contributed by atoms with Crippen LogP contribution in [-0.2, 0) is 14.2 Å². The predicted molar refractivity (Wildman–Crippen MR) is 74.6 cm³/mol. The van der Waals surface area contributed by atoms with Crippen molar-refractivity contribution in [2.24, 2.45) is 11.7 Å². The molecule has 7 nitrogen and oxygen atoms in total. The standard InChI is InChI=1S/C10H21N2O5P.ClH/c1-7(2)5-9(12-8(13)6-11)18(16,17)4-3-10(14)15;/h7,9H,3-6,11H2,1-2H3,(H,12,13)(H,14,15)(H,16,17);1H. The van der Waals surface area contributed by atoms with Gasteiger partial charge in [0.2, 0.25) is 13.3 Å². The lowest BCUT2D eigenvalue weighted by atomic mass is 10.1. The van der Waals surface area contributed by atoms with Crippen molar-refractivity contribution < 1.29 is 24.2 Å². The van der Waals surface area contributed by atoms with Crippen LogP contribution in [0.4, 0.5) is 0 Å². The summed E-state index contributed by atoms with van der Waals surface area (Å²) in [6, 6.07) is 0. The van der Waals surface area contributed by atoms with E-state index < -0.39 is 31.4 Å². The lowest BCUT2D eigenvalue weighted by Gasteiger charge is -2.25. The molecule has 0 bridgehead atoms. The van der Waals surface area contributed by atoms with Crippen LogP contribution in [0.5, 0.6) is 0 Å². The van der Waals surface area contributed by atoms with E-state index in [1.54, 1.807) is 0 Å². The van der Waals surface area contributed by atoms with Crippen molar-refractivity contribution >= 4 is 31.7 Å². The predicted octanol–water partition coefficient (Wildman–Crippen LogP) is 0.600. The van der Waals surface area contributed by atoms with Gasteiger partial charge in [-0.05, 0) is 12.3 Å². The van der Waals surface area contributed by atoms with Crippen molar-refractivity contribution in [3.63, 3.8) is 0 Å². The number of carbonyl (C=O) groups excluding carboxylic acids is 1. The number of amides is 1. The highest BCUT2D eigenvalue weighted by Gasteiger charge is 2.32. The summed E-state index contributed by atoms with van der Waals surface area (Å²) in [6.07, 6.45) is -0.454. The van der Waals surface area contributed by atoms with E-state index in [-0.39, 0.29) is 31.0 Å². The van der Waals surface area contributed by atoms with E-state index in [0.717, 1.165) is 0 Å². The molecule has 0 aromatic heterocycles. The van der Waals surface area contributed by atoms with E-state index in [0.29, 0.717) is 6.42 Å². The minimum Gasteiger partial charge on any atom is -0.481 e. The number of nitrogens with one attached hydrogen (secondary N) is 1. The molecule has 9 heteroatoms. The first kappa shape index (κ1) is 20.7. The Kier molecular flexibility index (Phi) is 10.1. The molecular formula is C10H22ClN2O5P. The van der Waals surface area contributed by atoms with Crippen molar-refractivity contribution in [2.75, 3.05) is 12.7 Å². The van der Waals surface area contributed by atoms with Crippen molar-refractivity contribution in [3.8, 4) is 0 Å². The Morgan fingerprint density at radius 2 is 1.89 bits per heavy atom. The highest BCUT2D eigenvalue weighted by Crippen LogP contribution is 2.47. The molecule has 1 amide bonds. The summed E-state index contributed by atoms with van der Waals surface area (Å²) >= 11 is 0. The van der Waals surface area contributed by atoms with Gasteiger partial charge in [-0.2, -0.15) is 0 Å². The molecular weight excluding hydrogens is 295 g/mol. The summed E-state index contributed by atoms with van der Waals surface area (Å²) in [5.74, 6) is -2.51. The molecule has 0 radical (unpaired) electrons. The van der Waals surface area contributed by atoms with Gasteiger partial charge in [-0.25, -0.2) is 0 Å². The Balaban J connectivity index is 0. The average Bonchev–Trinajstić information content (AvgIpc) is 2.24. The molecule has 5 N–H and O–H groups in total. The van der Waals surface area contributed by atoms with Gasteiger partial charge in [-0.15, -0.1) is 12.4 Å². The normalized spacial score (nSPS) is 15.2. The van der Waals surface area contributed by atoms with Gasteiger partial charge in [0.15, 0.2) is 0 Å². The molecule has 0 saturated heterocycles. The maximum Gasteiger partial charge on any atom is 0.303 e. The molecule has 0 aliphatic carbocycles. The summed E-state index contributed by atoms with van der Waals surface area (Å²) in [5, 5.41) is 10.9. The average molecular weight is 317 g/mol. The summed E-state index contributed by atoms with van der Waals surface area (Å²) in [5.41, 5.74) is 5.14. The van der Waals surface area contributed by atoms with Crippen LogP contribution in [0.25, 0.3) is 0 Å². The lowest BCUT2D eigenvalue weighted by Crippen LogP contribution is -2.40. The molecule has 0 rings (SSSR count). The molecule has 0 aliphatic heterocycles. The molecule has 0 aliphatic rings. The van der Waals surface area contributed by atoms with Gasteiger partial charge in [0.1, 0.15) is 5.78 Å². The van der Waals surface area contributed by atoms with Crippen LogP contribution in [0.3, 0.4) is 0 Å². The van der Waals surface area contributed by atoms with E-state index in [1.807, 2.05) is 13.8 Å². The zero-order valence-electron chi connectivity index (χ0n) is 11.0. The van der Waals surface area contributed by atoms with Crippen LogP contribution in [0.2, 0.25) is 0 Å². The molecule has 0 aromatic carbocycles. The van der Waals surface area contributed by atoms with Crippen LogP contribution in [-0.4, -0.2) is 40.4 Å². The molecule has 2 unspecified atom stereocenters. The fraction of sp³-hybridized carbons (Fsp3) is 0.800. The van der Waals surface area contributed by atoms with E-state index >= 15 is 0 Å². The topological polar surface area (TPSA) is 130 Å². The molecule has 0 spiro atoms. The molecule has 19 heavy (non-hydrogen) atoms. The third-order valence-corrected chi connectivity index (χ3v) is 4.52. The summed E-state index contributed by atoms with van der Waals surface area (Å²) in [7, 11) is -3.75. The van der Waals surface area contributed by atoms with E-state index in [4.69, 9.17) is 10.8 Å². The number of hydrogen-bond donors (Lipinski definition) is 4. The Bertz CT molecular complexity index is 351. The minimum absolute atomic E-state index is 0. The number of rotatable bonds is 8. The lowest BCUT2D eigenvalue weighted by molar-refractivity contribution is -0.136. The van der Waals surface area contributed by atoms with Gasteiger partial charge in [-0.1, -0.05) is 13.8 Å². The number of carboxylic acid groups (broad SMARTS) is 1. The number of carboxylic acids is 1. The van der Waals surface area contributed by atoms with Gasteiger partial charge in [-0.3, -0.25) is 14.2 Å². The Labute approximate surface area is 118 Å². The van der Waals surface area contributed by atoms with Crippen LogP contribution in [0.1, 0.15) is 26.7 Å². The third kappa shape index (κ3) is 8.99. The first-order chi connectivity index (χ1) is 8.19. The quantitative estimate of drug-likeness (QED) is 0.485. The molecule has 0 saturated carbocycles. The minimum atomic E-state index is -3.75. The number of halogens is 1. The highest BCUT2D eigenvalue weighted by molar-refractivity contribution is 7.58. The van der Waals surface area contributed by atoms with E-state index in [2.05, 4.69) is 5.32 Å². The summed E-state index contributed by atoms with van der Waals surface area (Å²) in [6.45, 7) is 3.42. The molecule has 0 aromatic rings. The molecule has 114 valence electrons. The van der Waals surface area contributed by atoms with E-state index in [1.165, 1.54) is 0 Å². The summed E-state index contributed by atoms with van der Waals surface area (Å²) in [4.78, 5) is 31.5. The first-order valence-corrected chi connectivity index (χ1v) is 7.63. The van der Waals surface area contributed by atoms with Crippen LogP contribution >= 0.6 is 19.8 Å². The Morgan fingerprint density at radius 1 is 1.37 bits per heavy atom. The van der Waals surface area contributed by atoms with Crippen LogP contribution in [0, 0.1) is 5.92 Å². The fourth-order valence-corrected chi connectivity index (χ4v) is 3.35. The van der Waals surface area contributed by atoms with Crippen LogP contribution < -0.4 is 11.1 Å². The monoisotopic (exact) mass is 316 g/mol. The number of hydrogen-bond acceptors (Lipinski definition) is 4. The highest BCUT2D eigenvalue weighted by atomic mass is 35.5. The second-order valence-electron chi connectivity index (χ2n) is 4.54. The smallest absolute Gasteiger partial charge is 0.303 e. The van der Waals surface area contributed by atoms with Gasteiger partial charge in [0.25, 0.3) is 0 Å². The van der Waals surface area contributed by atoms with Gasteiger partial charge < -0.3 is 21.1 Å². The fourth-order valence-electron chi connectivity index (χ4n) is 1.43. The summed E-state index contributed by atoms with van der Waals surface area (Å²) < 4.78 is 12.0. The molecule has 0 heterocycles. The van der Waals surface area contributed by atoms with Crippen molar-refractivity contribution in [1.82, 2.24) is 5.32 Å². The largest absolute Gasteiger partial charge is 0.481 e. The molecule has 0 fully saturated rings. The van der Waals surface area contributed by atoms with Gasteiger partial charge in [0, 0.05) is 6.16 Å². The van der Waals surface area contributed by atoms with E-state index in [9.17, 15) is 19.0 Å². The number of nitrogens with two attached hydrogens (primary N) is 1. The van der Waals surface area contributed by atoms with Crippen LogP contribution in [0.15, 0.2) is 0 Å². The van der Waals surface area contributed by atoms with Crippen molar-refractivity contribution in [2.45, 2.75) is 32.5 Å². The second-order valence-corrected chi connectivity index (χ2v) is 7.12. The van der Waals surface area contributed by atoms with Crippen molar-refractivity contribution in [3.05, 3.63) is 0 Å². The van der Waals surface area contributed by atoms with Gasteiger partial charge >= 0.3 is 5.97 Å².